The summed E-state index contributed by atoms with van der Waals surface area (Å²) in [6.45, 7) is 2.70. The third-order valence-corrected chi connectivity index (χ3v) is 4.62. The molecule has 0 bridgehead atoms. The maximum atomic E-state index is 12.1. The van der Waals surface area contributed by atoms with E-state index in [2.05, 4.69) is 12.2 Å². The fourth-order valence-corrected chi connectivity index (χ4v) is 3.02. The molecule has 21 heavy (non-hydrogen) atoms. The van der Waals surface area contributed by atoms with Gasteiger partial charge in [-0.3, -0.25) is 4.79 Å². The van der Waals surface area contributed by atoms with E-state index < -0.39 is 5.97 Å². The Morgan fingerprint density at radius 2 is 1.90 bits per heavy atom. The van der Waals surface area contributed by atoms with Gasteiger partial charge in [-0.2, -0.15) is 0 Å². The number of hydrogen-bond donors (Lipinski definition) is 2. The number of carbonyl (C=O) groups is 2. The molecule has 1 aliphatic carbocycles. The van der Waals surface area contributed by atoms with Gasteiger partial charge in [-0.05, 0) is 31.6 Å². The molecule has 0 aromatic rings. The van der Waals surface area contributed by atoms with Crippen molar-refractivity contribution in [3.8, 4) is 0 Å². The predicted octanol–water partition coefficient (Wildman–Crippen LogP) is 3.24. The summed E-state index contributed by atoms with van der Waals surface area (Å²) in [5, 5.41) is 11.7. The van der Waals surface area contributed by atoms with Crippen LogP contribution in [0.25, 0.3) is 0 Å². The molecule has 0 spiro atoms. The highest BCUT2D eigenvalue weighted by molar-refractivity contribution is 5.74. The number of aliphatic carboxylic acids is 1. The zero-order chi connectivity index (χ0) is 15.7. The molecule has 5 heteroatoms. The number of hydrogen-bond acceptors (Lipinski definition) is 2. The van der Waals surface area contributed by atoms with Gasteiger partial charge in [0.1, 0.15) is 0 Å². The Kier molecular flexibility index (Phi) is 8.16. The smallest absolute Gasteiger partial charge is 0.317 e. The Bertz CT molecular complexity index is 327. The molecule has 1 fully saturated rings. The number of carboxylic acid groups (broad SMARTS) is 1. The summed E-state index contributed by atoms with van der Waals surface area (Å²) >= 11 is 0. The fraction of sp³-hybridized carbons (Fsp3) is 0.875. The minimum Gasteiger partial charge on any atom is -0.481 e. The average molecular weight is 298 g/mol. The summed E-state index contributed by atoms with van der Waals surface area (Å²) in [5.41, 5.74) is 0. The lowest BCUT2D eigenvalue weighted by molar-refractivity contribution is -0.137. The highest BCUT2D eigenvalue weighted by atomic mass is 16.4. The van der Waals surface area contributed by atoms with Crippen LogP contribution in [-0.2, 0) is 4.79 Å². The molecule has 122 valence electrons. The maximum absolute atomic E-state index is 12.1. The second-order valence-electron chi connectivity index (χ2n) is 6.13. The molecule has 1 unspecified atom stereocenters. The molecule has 1 saturated carbocycles. The maximum Gasteiger partial charge on any atom is 0.317 e. The van der Waals surface area contributed by atoms with Gasteiger partial charge in [-0.15, -0.1) is 0 Å². The zero-order valence-corrected chi connectivity index (χ0v) is 13.4. The Morgan fingerprint density at radius 1 is 1.24 bits per heavy atom. The van der Waals surface area contributed by atoms with Crippen molar-refractivity contribution < 1.29 is 14.7 Å². The van der Waals surface area contributed by atoms with Crippen molar-refractivity contribution in [3.63, 3.8) is 0 Å². The van der Waals surface area contributed by atoms with Crippen LogP contribution in [0, 0.1) is 5.92 Å². The van der Waals surface area contributed by atoms with E-state index in [9.17, 15) is 9.59 Å². The SMILES string of the molecule is CCC(CCNC(=O)N(C)C1CCCCC1)CCC(=O)O. The number of carboxylic acids is 1. The summed E-state index contributed by atoms with van der Waals surface area (Å²) in [6, 6.07) is 0.391. The number of nitrogens with zero attached hydrogens (tertiary/aromatic N) is 1. The fourth-order valence-electron chi connectivity index (χ4n) is 3.02. The van der Waals surface area contributed by atoms with Crippen LogP contribution in [0.1, 0.15) is 64.7 Å². The van der Waals surface area contributed by atoms with E-state index in [-0.39, 0.29) is 12.5 Å². The van der Waals surface area contributed by atoms with Crippen molar-refractivity contribution in [3.05, 3.63) is 0 Å². The summed E-state index contributed by atoms with van der Waals surface area (Å²) < 4.78 is 0. The highest BCUT2D eigenvalue weighted by Gasteiger charge is 2.21. The third-order valence-electron chi connectivity index (χ3n) is 4.62. The monoisotopic (exact) mass is 298 g/mol. The van der Waals surface area contributed by atoms with Crippen molar-refractivity contribution in [1.29, 1.82) is 0 Å². The van der Waals surface area contributed by atoms with Crippen LogP contribution in [0.3, 0.4) is 0 Å². The number of carbonyl (C=O) groups excluding carboxylic acids is 1. The molecule has 0 radical (unpaired) electrons. The van der Waals surface area contributed by atoms with Gasteiger partial charge in [0.2, 0.25) is 0 Å². The first-order chi connectivity index (χ1) is 10.0. The van der Waals surface area contributed by atoms with Gasteiger partial charge in [-0.25, -0.2) is 4.79 Å². The zero-order valence-electron chi connectivity index (χ0n) is 13.4. The molecular formula is C16H30N2O3. The van der Waals surface area contributed by atoms with Gasteiger partial charge in [0.05, 0.1) is 0 Å². The van der Waals surface area contributed by atoms with Crippen molar-refractivity contribution in [2.75, 3.05) is 13.6 Å². The molecule has 0 aliphatic heterocycles. The summed E-state index contributed by atoms with van der Waals surface area (Å²) in [7, 11) is 1.88. The van der Waals surface area contributed by atoms with Gasteiger partial charge in [-0.1, -0.05) is 32.6 Å². The van der Waals surface area contributed by atoms with E-state index in [4.69, 9.17) is 5.11 Å². The standard InChI is InChI=1S/C16H30N2O3/c1-3-13(9-10-15(19)20)11-12-17-16(21)18(2)14-7-5-4-6-8-14/h13-14H,3-12H2,1-2H3,(H,17,21)(H,19,20). The van der Waals surface area contributed by atoms with E-state index in [0.717, 1.165) is 25.7 Å². The molecule has 1 rings (SSSR count). The number of rotatable bonds is 8. The molecule has 0 heterocycles. The van der Waals surface area contributed by atoms with Crippen LogP contribution in [0.2, 0.25) is 0 Å². The second-order valence-corrected chi connectivity index (χ2v) is 6.13. The van der Waals surface area contributed by atoms with Gasteiger partial charge in [0, 0.05) is 26.1 Å². The van der Waals surface area contributed by atoms with Gasteiger partial charge in [0.25, 0.3) is 0 Å². The molecule has 1 atom stereocenters. The molecule has 0 aromatic carbocycles. The third kappa shape index (κ3) is 6.82. The molecule has 2 amide bonds. The first-order valence-corrected chi connectivity index (χ1v) is 8.27. The summed E-state index contributed by atoms with van der Waals surface area (Å²) in [6.07, 6.45) is 8.67. The number of nitrogens with one attached hydrogen (secondary N) is 1. The number of amides is 2. The molecule has 0 aromatic heterocycles. The molecular weight excluding hydrogens is 268 g/mol. The van der Waals surface area contributed by atoms with E-state index in [1.54, 1.807) is 0 Å². The van der Waals surface area contributed by atoms with Crippen molar-refractivity contribution in [1.82, 2.24) is 10.2 Å². The molecule has 5 nitrogen and oxygen atoms in total. The Balaban J connectivity index is 2.23. The van der Waals surface area contributed by atoms with E-state index in [1.165, 1.54) is 19.3 Å². The molecule has 0 saturated heterocycles. The summed E-state index contributed by atoms with van der Waals surface area (Å²) in [5.74, 6) is -0.365. The van der Waals surface area contributed by atoms with E-state index in [1.807, 2.05) is 11.9 Å². The largest absolute Gasteiger partial charge is 0.481 e. The minimum atomic E-state index is -0.741. The highest BCUT2D eigenvalue weighted by Crippen LogP contribution is 2.21. The minimum absolute atomic E-state index is 0.00925. The Morgan fingerprint density at radius 3 is 2.48 bits per heavy atom. The average Bonchev–Trinajstić information content (AvgIpc) is 2.50. The van der Waals surface area contributed by atoms with Crippen LogP contribution < -0.4 is 5.32 Å². The van der Waals surface area contributed by atoms with E-state index >= 15 is 0 Å². The molecule has 1 aliphatic rings. The first-order valence-electron chi connectivity index (χ1n) is 8.27. The van der Waals surface area contributed by atoms with Gasteiger partial charge in [0.15, 0.2) is 0 Å². The lowest BCUT2D eigenvalue weighted by Crippen LogP contribution is -2.44. The Labute approximate surface area is 128 Å². The van der Waals surface area contributed by atoms with Crippen molar-refractivity contribution in [2.24, 2.45) is 5.92 Å². The van der Waals surface area contributed by atoms with Crippen LogP contribution in [0.4, 0.5) is 4.79 Å². The van der Waals surface area contributed by atoms with Crippen LogP contribution in [0.15, 0.2) is 0 Å². The lowest BCUT2D eigenvalue weighted by atomic mass is 9.94. The normalized spacial score (nSPS) is 17.2. The summed E-state index contributed by atoms with van der Waals surface area (Å²) in [4.78, 5) is 24.5. The van der Waals surface area contributed by atoms with Crippen molar-refractivity contribution >= 4 is 12.0 Å². The second kappa shape index (κ2) is 9.64. The predicted molar refractivity (Wildman–Crippen MR) is 83.3 cm³/mol. The van der Waals surface area contributed by atoms with Gasteiger partial charge >= 0.3 is 12.0 Å². The number of urea groups is 1. The first kappa shape index (κ1) is 17.8. The van der Waals surface area contributed by atoms with Crippen LogP contribution >= 0.6 is 0 Å². The lowest BCUT2D eigenvalue weighted by Gasteiger charge is -2.31. The Hall–Kier alpha value is -1.26. The van der Waals surface area contributed by atoms with Gasteiger partial charge < -0.3 is 15.3 Å². The van der Waals surface area contributed by atoms with Crippen LogP contribution in [-0.4, -0.2) is 41.6 Å². The van der Waals surface area contributed by atoms with Crippen LogP contribution in [0.5, 0.6) is 0 Å². The quantitative estimate of drug-likeness (QED) is 0.722. The van der Waals surface area contributed by atoms with Crippen molar-refractivity contribution in [2.45, 2.75) is 70.8 Å². The molecule has 2 N–H and O–H groups in total. The topological polar surface area (TPSA) is 69.6 Å². The van der Waals surface area contributed by atoms with E-state index in [0.29, 0.717) is 24.9 Å².